The van der Waals surface area contributed by atoms with E-state index < -0.39 is 16.9 Å². The highest BCUT2D eigenvalue weighted by Gasteiger charge is 2.09. The first-order chi connectivity index (χ1) is 8.49. The summed E-state index contributed by atoms with van der Waals surface area (Å²) in [5.74, 6) is 0.686. The Morgan fingerprint density at radius 2 is 2.00 bits per heavy atom. The van der Waals surface area contributed by atoms with Crippen molar-refractivity contribution in [3.63, 3.8) is 0 Å². The summed E-state index contributed by atoms with van der Waals surface area (Å²) in [4.78, 5) is 0. The molecule has 3 unspecified atom stereocenters. The lowest BCUT2D eigenvalue weighted by atomic mass is 10.1. The minimum absolute atomic E-state index is 0.246. The lowest BCUT2D eigenvalue weighted by Crippen LogP contribution is -2.31. The Hall–Kier alpha value is -0.420. The fraction of sp³-hybridized carbons (Fsp3) is 0.538. The molecule has 1 rings (SSSR count). The number of hydrogen-bond donors (Lipinski definition) is 2. The van der Waals surface area contributed by atoms with Gasteiger partial charge in [-0.15, -0.1) is 0 Å². The topological polar surface area (TPSA) is 49.3 Å². The highest BCUT2D eigenvalue weighted by molar-refractivity contribution is 7.84. The van der Waals surface area contributed by atoms with Gasteiger partial charge in [-0.1, -0.05) is 23.7 Å². The van der Waals surface area contributed by atoms with Gasteiger partial charge in [-0.3, -0.25) is 4.21 Å². The molecule has 0 aliphatic carbocycles. The van der Waals surface area contributed by atoms with Crippen LogP contribution in [0, 0.1) is 0 Å². The van der Waals surface area contributed by atoms with Crippen LogP contribution in [0.3, 0.4) is 0 Å². The van der Waals surface area contributed by atoms with Gasteiger partial charge in [-0.2, -0.15) is 0 Å². The lowest BCUT2D eigenvalue weighted by Gasteiger charge is -2.17. The van der Waals surface area contributed by atoms with Crippen molar-refractivity contribution in [2.24, 2.45) is 0 Å². The summed E-state index contributed by atoms with van der Waals surface area (Å²) in [6.07, 6.45) is 2.00. The summed E-state index contributed by atoms with van der Waals surface area (Å²) >= 11 is 5.79. The van der Waals surface area contributed by atoms with E-state index in [1.54, 1.807) is 18.4 Å². The van der Waals surface area contributed by atoms with Crippen LogP contribution in [0.1, 0.15) is 25.0 Å². The standard InChI is InChI=1S/C13H20ClNO2S/c1-10(7-8-18(2)17)15-9-13(16)11-3-5-12(14)6-4-11/h3-6,10,13,15-16H,7-9H2,1-2H3. The van der Waals surface area contributed by atoms with Crippen LogP contribution in [0.2, 0.25) is 5.02 Å². The lowest BCUT2D eigenvalue weighted by molar-refractivity contribution is 0.170. The predicted molar refractivity (Wildman–Crippen MR) is 77.4 cm³/mol. The van der Waals surface area contributed by atoms with Gasteiger partial charge < -0.3 is 10.4 Å². The second kappa shape index (κ2) is 7.89. The number of hydrogen-bond acceptors (Lipinski definition) is 3. The van der Waals surface area contributed by atoms with Crippen molar-refractivity contribution in [2.75, 3.05) is 18.6 Å². The number of nitrogens with one attached hydrogen (secondary N) is 1. The van der Waals surface area contributed by atoms with Crippen molar-refractivity contribution in [2.45, 2.75) is 25.5 Å². The second-order valence-corrected chi connectivity index (χ2v) is 6.43. The minimum Gasteiger partial charge on any atom is -0.387 e. The van der Waals surface area contributed by atoms with Gasteiger partial charge in [0.1, 0.15) is 0 Å². The van der Waals surface area contributed by atoms with Gasteiger partial charge in [0, 0.05) is 40.4 Å². The van der Waals surface area contributed by atoms with Crippen molar-refractivity contribution in [1.82, 2.24) is 5.32 Å². The van der Waals surface area contributed by atoms with Gasteiger partial charge >= 0.3 is 0 Å². The summed E-state index contributed by atoms with van der Waals surface area (Å²) < 4.78 is 11.0. The monoisotopic (exact) mass is 289 g/mol. The maximum atomic E-state index is 11.0. The zero-order valence-corrected chi connectivity index (χ0v) is 12.3. The zero-order chi connectivity index (χ0) is 13.5. The van der Waals surface area contributed by atoms with Crippen LogP contribution in [0.4, 0.5) is 0 Å². The van der Waals surface area contributed by atoms with Crippen LogP contribution in [0.25, 0.3) is 0 Å². The van der Waals surface area contributed by atoms with E-state index in [0.717, 1.165) is 12.0 Å². The molecule has 3 nitrogen and oxygen atoms in total. The number of benzene rings is 1. The number of rotatable bonds is 7. The van der Waals surface area contributed by atoms with Crippen LogP contribution < -0.4 is 5.32 Å². The van der Waals surface area contributed by atoms with E-state index in [0.29, 0.717) is 17.3 Å². The van der Waals surface area contributed by atoms with Gasteiger partial charge in [-0.05, 0) is 31.0 Å². The third-order valence-electron chi connectivity index (χ3n) is 2.75. The Labute approximate surface area is 116 Å². The largest absolute Gasteiger partial charge is 0.387 e. The maximum Gasteiger partial charge on any atom is 0.0914 e. The van der Waals surface area contributed by atoms with Gasteiger partial charge in [0.25, 0.3) is 0 Å². The fourth-order valence-electron chi connectivity index (χ4n) is 1.56. The van der Waals surface area contributed by atoms with Crippen molar-refractivity contribution >= 4 is 22.4 Å². The van der Waals surface area contributed by atoms with Gasteiger partial charge in [0.15, 0.2) is 0 Å². The molecule has 3 atom stereocenters. The molecule has 0 aromatic heterocycles. The molecule has 0 aliphatic heterocycles. The molecular weight excluding hydrogens is 270 g/mol. The molecule has 102 valence electrons. The SMILES string of the molecule is CC(CCS(C)=O)NCC(O)c1ccc(Cl)cc1. The van der Waals surface area contributed by atoms with Crippen molar-refractivity contribution in [3.05, 3.63) is 34.9 Å². The van der Waals surface area contributed by atoms with Crippen LogP contribution in [-0.4, -0.2) is 33.9 Å². The summed E-state index contributed by atoms with van der Waals surface area (Å²) in [5.41, 5.74) is 0.846. The molecule has 0 heterocycles. The number of aliphatic hydroxyl groups excluding tert-OH is 1. The number of halogens is 1. The Bertz CT molecular complexity index is 383. The Kier molecular flexibility index (Phi) is 6.86. The summed E-state index contributed by atoms with van der Waals surface area (Å²) in [6.45, 7) is 2.51. The summed E-state index contributed by atoms with van der Waals surface area (Å²) in [5, 5.41) is 13.9. The Morgan fingerprint density at radius 3 is 2.56 bits per heavy atom. The first-order valence-electron chi connectivity index (χ1n) is 5.96. The summed E-state index contributed by atoms with van der Waals surface area (Å²) in [7, 11) is -0.756. The van der Waals surface area contributed by atoms with E-state index in [9.17, 15) is 9.32 Å². The Balaban J connectivity index is 2.34. The van der Waals surface area contributed by atoms with Crippen molar-refractivity contribution < 1.29 is 9.32 Å². The van der Waals surface area contributed by atoms with Crippen LogP contribution >= 0.6 is 11.6 Å². The van der Waals surface area contributed by atoms with E-state index in [1.165, 1.54) is 0 Å². The molecule has 0 aliphatic rings. The fourth-order valence-corrected chi connectivity index (χ4v) is 2.37. The molecule has 0 spiro atoms. The quantitative estimate of drug-likeness (QED) is 0.808. The van der Waals surface area contributed by atoms with Crippen LogP contribution in [0.5, 0.6) is 0 Å². The Morgan fingerprint density at radius 1 is 1.39 bits per heavy atom. The maximum absolute atomic E-state index is 11.0. The van der Waals surface area contributed by atoms with Crippen molar-refractivity contribution in [1.29, 1.82) is 0 Å². The first kappa shape index (κ1) is 15.6. The molecule has 1 aromatic carbocycles. The second-order valence-electron chi connectivity index (χ2n) is 4.44. The molecule has 0 bridgehead atoms. The molecule has 0 radical (unpaired) electrons. The van der Waals surface area contributed by atoms with E-state index in [-0.39, 0.29) is 6.04 Å². The van der Waals surface area contributed by atoms with E-state index in [2.05, 4.69) is 5.32 Å². The third-order valence-corrected chi connectivity index (χ3v) is 3.82. The third kappa shape index (κ3) is 5.96. The molecule has 0 fully saturated rings. The van der Waals surface area contributed by atoms with Crippen molar-refractivity contribution in [3.8, 4) is 0 Å². The highest BCUT2D eigenvalue weighted by Crippen LogP contribution is 2.15. The first-order valence-corrected chi connectivity index (χ1v) is 8.06. The average molecular weight is 290 g/mol. The normalized spacial score (nSPS) is 16.2. The molecule has 0 saturated heterocycles. The van der Waals surface area contributed by atoms with Crippen LogP contribution in [0.15, 0.2) is 24.3 Å². The average Bonchev–Trinajstić information content (AvgIpc) is 2.34. The molecule has 2 N–H and O–H groups in total. The predicted octanol–water partition coefficient (Wildman–Crippen LogP) is 2.12. The van der Waals surface area contributed by atoms with E-state index in [1.807, 2.05) is 19.1 Å². The molecule has 5 heteroatoms. The smallest absolute Gasteiger partial charge is 0.0914 e. The molecule has 18 heavy (non-hydrogen) atoms. The zero-order valence-electron chi connectivity index (χ0n) is 10.7. The van der Waals surface area contributed by atoms with Crippen LogP contribution in [-0.2, 0) is 10.8 Å². The molecule has 1 aromatic rings. The molecular formula is C13H20ClNO2S. The van der Waals surface area contributed by atoms with E-state index >= 15 is 0 Å². The number of aliphatic hydroxyl groups is 1. The molecule has 0 amide bonds. The summed E-state index contributed by atoms with van der Waals surface area (Å²) in [6, 6.07) is 7.42. The van der Waals surface area contributed by atoms with Gasteiger partial charge in [0.2, 0.25) is 0 Å². The molecule has 0 saturated carbocycles. The highest BCUT2D eigenvalue weighted by atomic mass is 35.5. The minimum atomic E-state index is -0.756. The van der Waals surface area contributed by atoms with E-state index in [4.69, 9.17) is 11.6 Å². The van der Waals surface area contributed by atoms with Gasteiger partial charge in [-0.25, -0.2) is 0 Å². The van der Waals surface area contributed by atoms with Gasteiger partial charge in [0.05, 0.1) is 6.10 Å².